The van der Waals surface area contributed by atoms with Gasteiger partial charge in [0.2, 0.25) is 5.91 Å². The third kappa shape index (κ3) is 8.97. The molecule has 7 heteroatoms. The molecule has 0 aliphatic heterocycles. The number of rotatable bonds is 6. The number of nitrogens with one attached hydrogen (secondary N) is 1. The van der Waals surface area contributed by atoms with Crippen LogP contribution in [0.25, 0.3) is 0 Å². The molecule has 2 aromatic rings. The van der Waals surface area contributed by atoms with Crippen LogP contribution in [0.3, 0.4) is 0 Å². The van der Waals surface area contributed by atoms with E-state index >= 15 is 0 Å². The van der Waals surface area contributed by atoms with E-state index in [2.05, 4.69) is 16.0 Å². The SMILES string of the molecule is CC(=O)Oc1ccc(C(=O)CNCc2cccnc2)cc1.CC(N)=O. The molecule has 0 aliphatic carbocycles. The number of hydrogen-bond acceptors (Lipinski definition) is 6. The zero-order valence-corrected chi connectivity index (χ0v) is 14.2. The van der Waals surface area contributed by atoms with Gasteiger partial charge in [0.05, 0.1) is 6.54 Å². The van der Waals surface area contributed by atoms with Gasteiger partial charge in [-0.25, -0.2) is 0 Å². The Kier molecular flexibility index (Phi) is 8.53. The molecule has 0 unspecified atom stereocenters. The van der Waals surface area contributed by atoms with E-state index in [4.69, 9.17) is 4.74 Å². The first-order valence-corrected chi connectivity index (χ1v) is 7.56. The maximum absolute atomic E-state index is 12.0. The number of ether oxygens (including phenoxy) is 1. The van der Waals surface area contributed by atoms with Crippen LogP contribution >= 0.6 is 0 Å². The van der Waals surface area contributed by atoms with Crippen molar-refractivity contribution < 1.29 is 19.1 Å². The molecular weight excluding hydrogens is 322 g/mol. The average molecular weight is 343 g/mol. The van der Waals surface area contributed by atoms with Gasteiger partial charge in [-0.15, -0.1) is 0 Å². The number of primary amides is 1. The van der Waals surface area contributed by atoms with Gasteiger partial charge in [0, 0.05) is 38.3 Å². The van der Waals surface area contributed by atoms with Crippen molar-refractivity contribution >= 4 is 17.7 Å². The molecule has 0 bridgehead atoms. The van der Waals surface area contributed by atoms with Gasteiger partial charge < -0.3 is 15.8 Å². The molecule has 0 saturated heterocycles. The Morgan fingerprint density at radius 1 is 1.12 bits per heavy atom. The Balaban J connectivity index is 0.000000705. The van der Waals surface area contributed by atoms with Gasteiger partial charge in [0.25, 0.3) is 0 Å². The summed E-state index contributed by atoms with van der Waals surface area (Å²) in [5, 5.41) is 3.07. The van der Waals surface area contributed by atoms with Crippen molar-refractivity contribution in [2.75, 3.05) is 6.54 Å². The first-order chi connectivity index (χ1) is 11.9. The minimum absolute atomic E-state index is 0.0201. The maximum atomic E-state index is 12.0. The van der Waals surface area contributed by atoms with E-state index in [1.54, 1.807) is 36.7 Å². The van der Waals surface area contributed by atoms with Gasteiger partial charge in [-0.3, -0.25) is 19.4 Å². The van der Waals surface area contributed by atoms with Gasteiger partial charge >= 0.3 is 5.97 Å². The fraction of sp³-hybridized carbons (Fsp3) is 0.222. The van der Waals surface area contributed by atoms with Crippen molar-refractivity contribution in [2.24, 2.45) is 5.73 Å². The van der Waals surface area contributed by atoms with E-state index < -0.39 is 0 Å². The Labute approximate surface area is 146 Å². The van der Waals surface area contributed by atoms with Crippen LogP contribution in [0.15, 0.2) is 48.8 Å². The Morgan fingerprint density at radius 3 is 2.28 bits per heavy atom. The standard InChI is InChI=1S/C16H16N2O3.C2H5NO/c1-12(19)21-15-6-4-14(5-7-15)16(20)11-18-10-13-3-2-8-17-9-13;1-2(3)4/h2-9,18H,10-11H2,1H3;1H3,(H2,3,4). The molecule has 3 N–H and O–H groups in total. The van der Waals surface area contributed by atoms with Crippen molar-refractivity contribution in [1.29, 1.82) is 0 Å². The summed E-state index contributed by atoms with van der Waals surface area (Å²) in [7, 11) is 0. The molecule has 1 heterocycles. The zero-order chi connectivity index (χ0) is 18.7. The minimum Gasteiger partial charge on any atom is -0.427 e. The van der Waals surface area contributed by atoms with Crippen LogP contribution in [-0.2, 0) is 16.1 Å². The van der Waals surface area contributed by atoms with Crippen molar-refractivity contribution in [3.63, 3.8) is 0 Å². The number of carbonyl (C=O) groups is 3. The van der Waals surface area contributed by atoms with Crippen LogP contribution in [0.2, 0.25) is 0 Å². The second kappa shape index (κ2) is 10.7. The van der Waals surface area contributed by atoms with E-state index in [0.717, 1.165) is 5.56 Å². The van der Waals surface area contributed by atoms with Gasteiger partial charge in [-0.2, -0.15) is 0 Å². The number of benzene rings is 1. The Morgan fingerprint density at radius 2 is 1.76 bits per heavy atom. The molecule has 132 valence electrons. The van der Waals surface area contributed by atoms with Crippen LogP contribution < -0.4 is 15.8 Å². The normalized spacial score (nSPS) is 9.52. The second-order valence-electron chi connectivity index (χ2n) is 5.12. The van der Waals surface area contributed by atoms with Crippen LogP contribution in [0.1, 0.15) is 29.8 Å². The summed E-state index contributed by atoms with van der Waals surface area (Å²) in [5.74, 6) is -0.303. The van der Waals surface area contributed by atoms with E-state index in [0.29, 0.717) is 17.9 Å². The highest BCUT2D eigenvalue weighted by atomic mass is 16.5. The smallest absolute Gasteiger partial charge is 0.308 e. The number of pyridine rings is 1. The van der Waals surface area contributed by atoms with Crippen LogP contribution in [-0.4, -0.2) is 29.2 Å². The number of amides is 1. The monoisotopic (exact) mass is 343 g/mol. The molecule has 1 amide bonds. The molecule has 0 fully saturated rings. The van der Waals surface area contributed by atoms with Crippen LogP contribution in [0.5, 0.6) is 5.75 Å². The predicted octanol–water partition coefficient (Wildman–Crippen LogP) is 1.47. The second-order valence-corrected chi connectivity index (χ2v) is 5.12. The number of esters is 1. The van der Waals surface area contributed by atoms with Crippen LogP contribution in [0, 0.1) is 0 Å². The number of nitrogens with two attached hydrogens (primary N) is 1. The lowest BCUT2D eigenvalue weighted by Gasteiger charge is -2.05. The topological polar surface area (TPSA) is 111 Å². The van der Waals surface area contributed by atoms with E-state index in [9.17, 15) is 14.4 Å². The molecule has 2 rings (SSSR count). The fourth-order valence-electron chi connectivity index (χ4n) is 1.80. The molecular formula is C18H21N3O4. The highest BCUT2D eigenvalue weighted by Crippen LogP contribution is 2.12. The Hall–Kier alpha value is -3.06. The summed E-state index contributed by atoms with van der Waals surface area (Å²) in [5.41, 5.74) is 6.07. The summed E-state index contributed by atoms with van der Waals surface area (Å²) in [4.78, 5) is 36.0. The third-order valence-electron chi connectivity index (χ3n) is 2.78. The molecule has 1 aromatic heterocycles. The average Bonchev–Trinajstić information content (AvgIpc) is 2.55. The fourth-order valence-corrected chi connectivity index (χ4v) is 1.80. The lowest BCUT2D eigenvalue weighted by Crippen LogP contribution is -2.22. The number of Topliss-reactive ketones (excluding diaryl/α,β-unsaturated/α-hetero) is 1. The Bertz CT molecular complexity index is 696. The van der Waals surface area contributed by atoms with Crippen molar-refractivity contribution in [3.8, 4) is 5.75 Å². The van der Waals surface area contributed by atoms with E-state index in [1.807, 2.05) is 12.1 Å². The molecule has 7 nitrogen and oxygen atoms in total. The predicted molar refractivity (Wildman–Crippen MR) is 92.9 cm³/mol. The van der Waals surface area contributed by atoms with Crippen molar-refractivity contribution in [3.05, 3.63) is 59.9 Å². The lowest BCUT2D eigenvalue weighted by molar-refractivity contribution is -0.131. The van der Waals surface area contributed by atoms with E-state index in [-0.39, 0.29) is 24.2 Å². The minimum atomic E-state index is -0.382. The van der Waals surface area contributed by atoms with E-state index in [1.165, 1.54) is 13.8 Å². The highest BCUT2D eigenvalue weighted by Gasteiger charge is 2.06. The first kappa shape index (κ1) is 20.0. The summed E-state index contributed by atoms with van der Waals surface area (Å²) in [6.07, 6.45) is 3.46. The molecule has 1 aromatic carbocycles. The van der Waals surface area contributed by atoms with Gasteiger partial charge in [0.15, 0.2) is 5.78 Å². The summed E-state index contributed by atoms with van der Waals surface area (Å²) in [6.45, 7) is 3.47. The molecule has 25 heavy (non-hydrogen) atoms. The molecule has 0 spiro atoms. The quantitative estimate of drug-likeness (QED) is 0.467. The lowest BCUT2D eigenvalue weighted by atomic mass is 10.1. The van der Waals surface area contributed by atoms with Gasteiger partial charge in [-0.1, -0.05) is 6.07 Å². The molecule has 0 atom stereocenters. The zero-order valence-electron chi connectivity index (χ0n) is 14.2. The first-order valence-electron chi connectivity index (χ1n) is 7.56. The van der Waals surface area contributed by atoms with Crippen molar-refractivity contribution in [2.45, 2.75) is 20.4 Å². The summed E-state index contributed by atoms with van der Waals surface area (Å²) in [6, 6.07) is 10.3. The number of aromatic nitrogens is 1. The number of hydrogen-bond donors (Lipinski definition) is 2. The number of ketones is 1. The summed E-state index contributed by atoms with van der Waals surface area (Å²) >= 11 is 0. The van der Waals surface area contributed by atoms with Crippen LogP contribution in [0.4, 0.5) is 0 Å². The third-order valence-corrected chi connectivity index (χ3v) is 2.78. The number of carbonyl (C=O) groups excluding carboxylic acids is 3. The van der Waals surface area contributed by atoms with Crippen molar-refractivity contribution in [1.82, 2.24) is 10.3 Å². The molecule has 0 radical (unpaired) electrons. The highest BCUT2D eigenvalue weighted by molar-refractivity contribution is 5.97. The largest absolute Gasteiger partial charge is 0.427 e. The maximum Gasteiger partial charge on any atom is 0.308 e. The summed E-state index contributed by atoms with van der Waals surface area (Å²) < 4.78 is 4.92. The van der Waals surface area contributed by atoms with Gasteiger partial charge in [0.1, 0.15) is 5.75 Å². The molecule has 0 aliphatic rings. The van der Waals surface area contributed by atoms with Gasteiger partial charge in [-0.05, 0) is 35.9 Å². The molecule has 0 saturated carbocycles. The number of nitrogens with zero attached hydrogens (tertiary/aromatic N) is 1.